The molecule has 0 aliphatic heterocycles. The number of carbonyl (C=O) groups excluding carboxylic acids is 1. The molecule has 0 saturated heterocycles. The molecule has 0 aromatic rings. The third kappa shape index (κ3) is 42.5. The maximum atomic E-state index is 12.2. The second kappa shape index (κ2) is 45.2. The maximum absolute atomic E-state index is 12.2. The molecular weight excluding hydrogens is 641 g/mol. The van der Waals surface area contributed by atoms with E-state index in [2.05, 4.69) is 74.6 Å². The smallest absolute Gasteiger partial charge is 0.306 e. The van der Waals surface area contributed by atoms with Gasteiger partial charge in [-0.3, -0.25) is 4.79 Å². The highest BCUT2D eigenvalue weighted by Crippen LogP contribution is 2.15. The molecule has 0 aromatic heterocycles. The highest BCUT2D eigenvalue weighted by atomic mass is 16.6. The first-order chi connectivity index (χ1) is 25.7. The van der Waals surface area contributed by atoms with Crippen LogP contribution in [0.15, 0.2) is 60.8 Å². The Kier molecular flexibility index (Phi) is 43.6. The molecule has 0 fully saturated rings. The Morgan fingerprint density at radius 1 is 0.481 bits per heavy atom. The molecule has 0 rings (SSSR count). The topological polar surface area (TPSA) is 55.8 Å². The number of ether oxygens (including phenoxy) is 2. The highest BCUT2D eigenvalue weighted by Gasteiger charge is 2.13. The number of aliphatic hydroxyl groups is 1. The summed E-state index contributed by atoms with van der Waals surface area (Å²) in [6.45, 7) is 5.22. The van der Waals surface area contributed by atoms with E-state index in [4.69, 9.17) is 9.47 Å². The molecule has 0 radical (unpaired) electrons. The molecule has 0 amide bonds. The number of hydrogen-bond donors (Lipinski definition) is 1. The van der Waals surface area contributed by atoms with Crippen molar-refractivity contribution in [1.29, 1.82) is 0 Å². The largest absolute Gasteiger partial charge is 0.457 e. The lowest BCUT2D eigenvalue weighted by Gasteiger charge is -2.15. The second-order valence-corrected chi connectivity index (χ2v) is 14.7. The minimum Gasteiger partial charge on any atom is -0.457 e. The minimum absolute atomic E-state index is 0.178. The van der Waals surface area contributed by atoms with Crippen molar-refractivity contribution < 1.29 is 19.4 Å². The lowest BCUT2D eigenvalue weighted by molar-refractivity contribution is -0.154. The Morgan fingerprint density at radius 2 is 0.865 bits per heavy atom. The van der Waals surface area contributed by atoms with Gasteiger partial charge in [0.1, 0.15) is 6.10 Å². The normalized spacial score (nSPS) is 12.9. The average Bonchev–Trinajstić information content (AvgIpc) is 3.15. The van der Waals surface area contributed by atoms with Gasteiger partial charge in [-0.15, -0.1) is 0 Å². The highest BCUT2D eigenvalue weighted by molar-refractivity contribution is 5.69. The molecule has 0 spiro atoms. The zero-order chi connectivity index (χ0) is 37.7. The van der Waals surface area contributed by atoms with Crippen LogP contribution in [0.5, 0.6) is 0 Å². The fourth-order valence-corrected chi connectivity index (χ4v) is 6.30. The van der Waals surface area contributed by atoms with Crippen LogP contribution in [0.25, 0.3) is 0 Å². The van der Waals surface area contributed by atoms with E-state index in [1.165, 1.54) is 128 Å². The van der Waals surface area contributed by atoms with Gasteiger partial charge in [-0.25, -0.2) is 0 Å². The molecule has 1 atom stereocenters. The molecule has 0 aliphatic carbocycles. The molecule has 0 heterocycles. The third-order valence-corrected chi connectivity index (χ3v) is 9.61. The van der Waals surface area contributed by atoms with Gasteiger partial charge in [-0.05, 0) is 57.8 Å². The van der Waals surface area contributed by atoms with Crippen molar-refractivity contribution in [3.05, 3.63) is 60.8 Å². The predicted molar refractivity (Wildman–Crippen MR) is 228 cm³/mol. The average molecular weight is 727 g/mol. The monoisotopic (exact) mass is 727 g/mol. The number of allylic oxidation sites excluding steroid dienone is 10. The van der Waals surface area contributed by atoms with E-state index in [0.717, 1.165) is 64.2 Å². The van der Waals surface area contributed by atoms with Gasteiger partial charge in [0.15, 0.2) is 0 Å². The SMILES string of the molecule is CC/C=C\C/C=C\C/C=C\C/C=C\C/C=C\CCCCCCCCOCC(CO)OC(=O)CCCCCCCCCCCCCCCCCCCC. The summed E-state index contributed by atoms with van der Waals surface area (Å²) in [6, 6.07) is 0. The van der Waals surface area contributed by atoms with Gasteiger partial charge in [-0.1, -0.05) is 209 Å². The Bertz CT molecular complexity index is 854. The molecule has 1 unspecified atom stereocenters. The van der Waals surface area contributed by atoms with Crippen molar-refractivity contribution in [2.45, 2.75) is 219 Å². The number of aliphatic hydroxyl groups excluding tert-OH is 1. The van der Waals surface area contributed by atoms with Crippen molar-refractivity contribution >= 4 is 5.97 Å². The summed E-state index contributed by atoms with van der Waals surface area (Å²) in [5.41, 5.74) is 0. The van der Waals surface area contributed by atoms with Gasteiger partial charge >= 0.3 is 5.97 Å². The molecule has 4 heteroatoms. The second-order valence-electron chi connectivity index (χ2n) is 14.7. The predicted octanol–water partition coefficient (Wildman–Crippen LogP) is 14.8. The molecule has 0 saturated carbocycles. The summed E-state index contributed by atoms with van der Waals surface area (Å²) in [5, 5.41) is 9.61. The molecule has 0 bridgehead atoms. The number of hydrogen-bond acceptors (Lipinski definition) is 4. The fraction of sp³-hybridized carbons (Fsp3) is 0.771. The van der Waals surface area contributed by atoms with E-state index in [9.17, 15) is 9.90 Å². The standard InChI is InChI=1S/C48H86O4/c1-3-5-7-9-11-13-15-17-19-21-23-24-25-26-28-30-32-34-36-38-40-42-44-51-46-47(45-49)52-48(50)43-41-39-37-35-33-31-29-27-22-20-18-16-14-12-10-8-6-4-2/h5,7,11,13,17,19,23-24,26,28,47,49H,3-4,6,8-10,12,14-16,18,20-22,25,27,29-46H2,1-2H3/b7-5-,13-11-,19-17-,24-23-,28-26-. The third-order valence-electron chi connectivity index (χ3n) is 9.61. The summed E-state index contributed by atoms with van der Waals surface area (Å²) in [5.74, 6) is -0.205. The van der Waals surface area contributed by atoms with Gasteiger partial charge in [0.05, 0.1) is 13.2 Å². The van der Waals surface area contributed by atoms with Crippen LogP contribution in [-0.2, 0) is 14.3 Å². The van der Waals surface area contributed by atoms with Gasteiger partial charge < -0.3 is 14.6 Å². The van der Waals surface area contributed by atoms with Gasteiger partial charge in [0.2, 0.25) is 0 Å². The first-order valence-corrected chi connectivity index (χ1v) is 22.4. The number of rotatable bonds is 41. The van der Waals surface area contributed by atoms with E-state index < -0.39 is 6.10 Å². The Hall–Kier alpha value is -1.91. The minimum atomic E-state index is -0.543. The van der Waals surface area contributed by atoms with Crippen LogP contribution in [0.2, 0.25) is 0 Å². The van der Waals surface area contributed by atoms with E-state index in [1.807, 2.05) is 0 Å². The van der Waals surface area contributed by atoms with Crippen LogP contribution >= 0.6 is 0 Å². The van der Waals surface area contributed by atoms with Gasteiger partial charge in [0.25, 0.3) is 0 Å². The summed E-state index contributed by atoms with van der Waals surface area (Å²) in [7, 11) is 0. The lowest BCUT2D eigenvalue weighted by Crippen LogP contribution is -2.27. The number of esters is 1. The molecule has 52 heavy (non-hydrogen) atoms. The van der Waals surface area contributed by atoms with Crippen molar-refractivity contribution in [3.63, 3.8) is 0 Å². The Morgan fingerprint density at radius 3 is 1.31 bits per heavy atom. The van der Waals surface area contributed by atoms with Crippen LogP contribution in [0, 0.1) is 0 Å². The van der Waals surface area contributed by atoms with E-state index in [-0.39, 0.29) is 19.2 Å². The van der Waals surface area contributed by atoms with Crippen LogP contribution in [-0.4, -0.2) is 37.0 Å². The molecule has 4 nitrogen and oxygen atoms in total. The summed E-state index contributed by atoms with van der Waals surface area (Å²) in [4.78, 5) is 12.2. The zero-order valence-electron chi connectivity index (χ0n) is 34.6. The summed E-state index contributed by atoms with van der Waals surface area (Å²) < 4.78 is 11.2. The van der Waals surface area contributed by atoms with Crippen LogP contribution in [0.1, 0.15) is 213 Å². The van der Waals surface area contributed by atoms with E-state index in [1.54, 1.807) is 0 Å². The number of carbonyl (C=O) groups is 1. The quantitative estimate of drug-likeness (QED) is 0.0387. The first kappa shape index (κ1) is 50.1. The van der Waals surface area contributed by atoms with Crippen LogP contribution in [0.4, 0.5) is 0 Å². The zero-order valence-corrected chi connectivity index (χ0v) is 34.6. The van der Waals surface area contributed by atoms with E-state index in [0.29, 0.717) is 13.0 Å². The van der Waals surface area contributed by atoms with Gasteiger partial charge in [0, 0.05) is 13.0 Å². The van der Waals surface area contributed by atoms with E-state index >= 15 is 0 Å². The number of unbranched alkanes of at least 4 members (excludes halogenated alkanes) is 23. The van der Waals surface area contributed by atoms with Crippen molar-refractivity contribution in [1.82, 2.24) is 0 Å². The van der Waals surface area contributed by atoms with Crippen molar-refractivity contribution in [2.75, 3.05) is 19.8 Å². The molecule has 1 N–H and O–H groups in total. The Labute approximate surface area is 324 Å². The van der Waals surface area contributed by atoms with Crippen LogP contribution in [0.3, 0.4) is 0 Å². The van der Waals surface area contributed by atoms with Crippen molar-refractivity contribution in [3.8, 4) is 0 Å². The van der Waals surface area contributed by atoms with Gasteiger partial charge in [-0.2, -0.15) is 0 Å². The lowest BCUT2D eigenvalue weighted by atomic mass is 10.0. The molecular formula is C48H86O4. The molecule has 0 aliphatic rings. The maximum Gasteiger partial charge on any atom is 0.306 e. The molecule has 302 valence electrons. The van der Waals surface area contributed by atoms with Crippen LogP contribution < -0.4 is 0 Å². The fourth-order valence-electron chi connectivity index (χ4n) is 6.30. The van der Waals surface area contributed by atoms with Crippen molar-refractivity contribution in [2.24, 2.45) is 0 Å². The summed E-state index contributed by atoms with van der Waals surface area (Å²) >= 11 is 0. The Balaban J connectivity index is 3.46. The first-order valence-electron chi connectivity index (χ1n) is 22.4. The molecule has 0 aromatic carbocycles. The summed E-state index contributed by atoms with van der Waals surface area (Å²) in [6.07, 6.45) is 60.0.